The maximum absolute atomic E-state index is 12.7. The van der Waals surface area contributed by atoms with Crippen LogP contribution in [0.15, 0.2) is 53.4 Å². The average molecular weight is 541 g/mol. The molecule has 3 amide bonds. The Balaban J connectivity index is 1.29. The largest absolute Gasteiger partial charge is 0.342 e. The molecule has 0 bridgehead atoms. The molecular weight excluding hydrogens is 504 g/mol. The van der Waals surface area contributed by atoms with Crippen molar-refractivity contribution in [1.29, 1.82) is 0 Å². The minimum atomic E-state index is -3.61. The van der Waals surface area contributed by atoms with Crippen LogP contribution in [0.25, 0.3) is 0 Å². The number of nitrogens with one attached hydrogen (secondary N) is 3. The van der Waals surface area contributed by atoms with Crippen LogP contribution in [0, 0.1) is 5.92 Å². The first kappa shape index (κ1) is 27.8. The number of unbranched alkanes of at least 4 members (excludes halogenated alkanes) is 1. The number of hydrogen-bond donors (Lipinski definition) is 3. The van der Waals surface area contributed by atoms with Crippen molar-refractivity contribution in [3.05, 3.63) is 54.1 Å². The summed E-state index contributed by atoms with van der Waals surface area (Å²) in [6, 6.07) is 12.6. The molecule has 1 saturated carbocycles. The zero-order valence-electron chi connectivity index (χ0n) is 21.7. The second-order valence-corrected chi connectivity index (χ2v) is 11.8. The van der Waals surface area contributed by atoms with Crippen molar-refractivity contribution in [3.63, 3.8) is 0 Å². The number of hydrogen-bond acceptors (Lipinski definition) is 5. The fourth-order valence-corrected chi connectivity index (χ4v) is 6.20. The Morgan fingerprint density at radius 1 is 0.921 bits per heavy atom. The summed E-state index contributed by atoms with van der Waals surface area (Å²) < 4.78 is 28.1. The van der Waals surface area contributed by atoms with Crippen molar-refractivity contribution >= 4 is 39.1 Å². The van der Waals surface area contributed by atoms with Gasteiger partial charge in [0.25, 0.3) is 5.91 Å². The molecule has 10 heteroatoms. The lowest BCUT2D eigenvalue weighted by Gasteiger charge is -2.22. The number of benzene rings is 2. The van der Waals surface area contributed by atoms with E-state index in [9.17, 15) is 22.8 Å². The second-order valence-electron chi connectivity index (χ2n) is 10.1. The van der Waals surface area contributed by atoms with Gasteiger partial charge < -0.3 is 15.5 Å². The minimum absolute atomic E-state index is 0.0109. The van der Waals surface area contributed by atoms with Crippen molar-refractivity contribution in [3.8, 4) is 0 Å². The van der Waals surface area contributed by atoms with Crippen molar-refractivity contribution in [1.82, 2.24) is 9.62 Å². The van der Waals surface area contributed by atoms with Crippen LogP contribution in [0.1, 0.15) is 68.6 Å². The standard InChI is InChI=1S/C28H36N4O5S/c1-2-3-17-32-19-21(18-26(32)33)28(35)30-22-11-9-20(10-12-22)27(34)29-23-13-15-25(16-14-23)38(36,37)31-24-7-5-4-6-8-24/h9-16,21,24,31H,2-8,17-19H2,1H3,(H,29,34)(H,30,35). The SMILES string of the molecule is CCCCN1CC(C(=O)Nc2ccc(C(=O)Nc3ccc(S(=O)(=O)NC4CCCCC4)cc3)cc2)CC1=O. The number of rotatable bonds is 10. The molecule has 1 unspecified atom stereocenters. The molecule has 38 heavy (non-hydrogen) atoms. The lowest BCUT2D eigenvalue weighted by atomic mass is 9.96. The van der Waals surface area contributed by atoms with Crippen LogP contribution in [0.4, 0.5) is 11.4 Å². The number of anilines is 2. The van der Waals surface area contributed by atoms with Gasteiger partial charge in [0.1, 0.15) is 0 Å². The smallest absolute Gasteiger partial charge is 0.255 e. The van der Waals surface area contributed by atoms with E-state index in [1.54, 1.807) is 41.3 Å². The van der Waals surface area contributed by atoms with Crippen molar-refractivity contribution in [2.24, 2.45) is 5.92 Å². The average Bonchev–Trinajstić information content (AvgIpc) is 3.29. The second kappa shape index (κ2) is 12.5. The summed E-state index contributed by atoms with van der Waals surface area (Å²) in [6.45, 7) is 3.18. The highest BCUT2D eigenvalue weighted by Crippen LogP contribution is 2.22. The summed E-state index contributed by atoms with van der Waals surface area (Å²) in [6.07, 6.45) is 7.05. The molecule has 204 valence electrons. The highest BCUT2D eigenvalue weighted by atomic mass is 32.2. The zero-order valence-corrected chi connectivity index (χ0v) is 22.6. The fraction of sp³-hybridized carbons (Fsp3) is 0.464. The minimum Gasteiger partial charge on any atom is -0.342 e. The number of likely N-dealkylation sites (tertiary alicyclic amines) is 1. The first-order valence-corrected chi connectivity index (χ1v) is 14.9. The normalized spacial score (nSPS) is 18.4. The summed E-state index contributed by atoms with van der Waals surface area (Å²) in [4.78, 5) is 39.4. The van der Waals surface area contributed by atoms with Gasteiger partial charge in [-0.05, 0) is 67.8 Å². The van der Waals surface area contributed by atoms with E-state index in [-0.39, 0.29) is 41.0 Å². The number of amides is 3. The first-order valence-electron chi connectivity index (χ1n) is 13.4. The molecule has 0 aromatic heterocycles. The third-order valence-electron chi connectivity index (χ3n) is 7.13. The Kier molecular flexibility index (Phi) is 9.17. The molecule has 2 aromatic rings. The van der Waals surface area contributed by atoms with E-state index >= 15 is 0 Å². The van der Waals surface area contributed by atoms with Gasteiger partial charge in [0, 0.05) is 42.5 Å². The number of sulfonamides is 1. The van der Waals surface area contributed by atoms with E-state index < -0.39 is 10.0 Å². The van der Waals surface area contributed by atoms with Crippen molar-refractivity contribution in [2.75, 3.05) is 23.7 Å². The van der Waals surface area contributed by atoms with E-state index in [1.807, 2.05) is 0 Å². The number of carbonyl (C=O) groups is 3. The van der Waals surface area contributed by atoms with Crippen LogP contribution in [0.2, 0.25) is 0 Å². The van der Waals surface area contributed by atoms with Crippen LogP contribution < -0.4 is 15.4 Å². The molecule has 1 atom stereocenters. The molecule has 2 aliphatic rings. The quantitative estimate of drug-likeness (QED) is 0.418. The molecule has 1 aliphatic heterocycles. The Bertz CT molecular complexity index is 1240. The summed E-state index contributed by atoms with van der Waals surface area (Å²) in [5.74, 6) is -0.932. The third-order valence-corrected chi connectivity index (χ3v) is 8.67. The molecule has 2 fully saturated rings. The molecule has 1 heterocycles. The molecule has 0 radical (unpaired) electrons. The van der Waals surface area contributed by atoms with Crippen molar-refractivity contribution in [2.45, 2.75) is 69.2 Å². The van der Waals surface area contributed by atoms with Gasteiger partial charge in [0.2, 0.25) is 21.8 Å². The predicted octanol–water partition coefficient (Wildman–Crippen LogP) is 4.14. The lowest BCUT2D eigenvalue weighted by Crippen LogP contribution is -2.36. The maximum atomic E-state index is 12.7. The van der Waals surface area contributed by atoms with Crippen LogP contribution >= 0.6 is 0 Å². The van der Waals surface area contributed by atoms with Gasteiger partial charge in [-0.15, -0.1) is 0 Å². The highest BCUT2D eigenvalue weighted by Gasteiger charge is 2.33. The molecule has 9 nitrogen and oxygen atoms in total. The maximum Gasteiger partial charge on any atom is 0.255 e. The van der Waals surface area contributed by atoms with Crippen molar-refractivity contribution < 1.29 is 22.8 Å². The summed E-state index contributed by atoms with van der Waals surface area (Å²) in [5.41, 5.74) is 1.41. The van der Waals surface area contributed by atoms with Gasteiger partial charge in [-0.25, -0.2) is 13.1 Å². The van der Waals surface area contributed by atoms with Gasteiger partial charge in [-0.2, -0.15) is 0 Å². The van der Waals surface area contributed by atoms with E-state index in [0.29, 0.717) is 30.0 Å². The summed E-state index contributed by atoms with van der Waals surface area (Å²) in [5, 5.41) is 5.60. The molecule has 3 N–H and O–H groups in total. The molecule has 1 aliphatic carbocycles. The van der Waals surface area contributed by atoms with Gasteiger partial charge in [0.05, 0.1) is 10.8 Å². The molecule has 4 rings (SSSR count). The Morgan fingerprint density at radius 3 is 2.21 bits per heavy atom. The third kappa shape index (κ3) is 7.20. The Morgan fingerprint density at radius 2 is 1.55 bits per heavy atom. The van der Waals surface area contributed by atoms with Gasteiger partial charge >= 0.3 is 0 Å². The van der Waals surface area contributed by atoms with Gasteiger partial charge in [0.15, 0.2) is 0 Å². The van der Waals surface area contributed by atoms with Crippen LogP contribution in [-0.4, -0.2) is 50.2 Å². The topological polar surface area (TPSA) is 125 Å². The highest BCUT2D eigenvalue weighted by molar-refractivity contribution is 7.89. The Hall–Kier alpha value is -3.24. The zero-order chi connectivity index (χ0) is 27.1. The molecular formula is C28H36N4O5S. The van der Waals surface area contributed by atoms with Gasteiger partial charge in [-0.1, -0.05) is 32.6 Å². The van der Waals surface area contributed by atoms with E-state index in [1.165, 1.54) is 12.1 Å². The summed E-state index contributed by atoms with van der Waals surface area (Å²) >= 11 is 0. The van der Waals surface area contributed by atoms with Gasteiger partial charge in [-0.3, -0.25) is 14.4 Å². The molecule has 2 aromatic carbocycles. The van der Waals surface area contributed by atoms with Crippen LogP contribution in [0.3, 0.4) is 0 Å². The number of nitrogens with zero attached hydrogens (tertiary/aromatic N) is 1. The van der Waals surface area contributed by atoms with Crippen LogP contribution in [-0.2, 0) is 19.6 Å². The van der Waals surface area contributed by atoms with E-state index in [4.69, 9.17) is 0 Å². The Labute approximate surface area is 224 Å². The van der Waals surface area contributed by atoms with E-state index in [2.05, 4.69) is 22.3 Å². The number of carbonyl (C=O) groups excluding carboxylic acids is 3. The predicted molar refractivity (Wildman–Crippen MR) is 146 cm³/mol. The lowest BCUT2D eigenvalue weighted by molar-refractivity contribution is -0.128. The summed E-state index contributed by atoms with van der Waals surface area (Å²) in [7, 11) is -3.61. The molecule has 1 saturated heterocycles. The molecule has 0 spiro atoms. The van der Waals surface area contributed by atoms with Crippen LogP contribution in [0.5, 0.6) is 0 Å². The first-order chi connectivity index (χ1) is 18.2. The monoisotopic (exact) mass is 540 g/mol. The fourth-order valence-electron chi connectivity index (χ4n) is 4.89. The van der Waals surface area contributed by atoms with E-state index in [0.717, 1.165) is 44.9 Å².